The van der Waals surface area contributed by atoms with Gasteiger partial charge in [-0.25, -0.2) is 0 Å². The van der Waals surface area contributed by atoms with Crippen LogP contribution in [0.3, 0.4) is 0 Å². The van der Waals surface area contributed by atoms with Gasteiger partial charge in [-0.1, -0.05) is 65.2 Å². The summed E-state index contributed by atoms with van der Waals surface area (Å²) in [6.45, 7) is 2.34. The number of hydrogen-bond donors (Lipinski definition) is 0. The van der Waals surface area contributed by atoms with Crippen LogP contribution in [0.1, 0.15) is 27.0 Å². The third kappa shape index (κ3) is 4.66. The molecule has 0 aliphatic carbocycles. The van der Waals surface area contributed by atoms with Gasteiger partial charge in [0.1, 0.15) is 5.58 Å². The van der Waals surface area contributed by atoms with E-state index in [1.54, 1.807) is 29.2 Å². The highest BCUT2D eigenvalue weighted by Gasteiger charge is 2.20. The maximum atomic E-state index is 13.3. The second kappa shape index (κ2) is 8.96. The summed E-state index contributed by atoms with van der Waals surface area (Å²) in [6.07, 6.45) is 1.43. The number of carbonyl (C=O) groups excluding carboxylic acids is 1. The van der Waals surface area contributed by atoms with Crippen molar-refractivity contribution in [1.29, 1.82) is 0 Å². The molecular formula is C25H19Cl2NO3. The van der Waals surface area contributed by atoms with Crippen molar-refractivity contribution in [3.8, 4) is 0 Å². The predicted molar refractivity (Wildman–Crippen MR) is 124 cm³/mol. The lowest BCUT2D eigenvalue weighted by Gasteiger charge is -2.23. The maximum Gasteiger partial charge on any atom is 0.254 e. The van der Waals surface area contributed by atoms with Gasteiger partial charge in [0.15, 0.2) is 5.43 Å². The van der Waals surface area contributed by atoms with E-state index in [0.29, 0.717) is 38.7 Å². The molecule has 0 aliphatic heterocycles. The van der Waals surface area contributed by atoms with E-state index in [4.69, 9.17) is 27.6 Å². The zero-order valence-corrected chi connectivity index (χ0v) is 18.3. The summed E-state index contributed by atoms with van der Waals surface area (Å²) < 4.78 is 5.67. The van der Waals surface area contributed by atoms with E-state index in [1.807, 2.05) is 43.3 Å². The number of carbonyl (C=O) groups is 1. The van der Waals surface area contributed by atoms with Crippen LogP contribution in [-0.2, 0) is 13.1 Å². The van der Waals surface area contributed by atoms with Crippen molar-refractivity contribution in [2.75, 3.05) is 0 Å². The quantitative estimate of drug-likeness (QED) is 0.360. The molecule has 1 heterocycles. The van der Waals surface area contributed by atoms with Gasteiger partial charge >= 0.3 is 0 Å². The summed E-state index contributed by atoms with van der Waals surface area (Å²) in [7, 11) is 0. The molecule has 0 spiro atoms. The minimum Gasteiger partial charge on any atom is -0.464 e. The van der Waals surface area contributed by atoms with Crippen LogP contribution in [0.15, 0.2) is 82.2 Å². The molecule has 0 atom stereocenters. The molecule has 4 aromatic rings. The van der Waals surface area contributed by atoms with Gasteiger partial charge in [-0.3, -0.25) is 9.59 Å². The summed E-state index contributed by atoms with van der Waals surface area (Å²) in [6, 6.07) is 19.8. The van der Waals surface area contributed by atoms with Gasteiger partial charge in [-0.15, -0.1) is 0 Å². The zero-order valence-electron chi connectivity index (χ0n) is 16.8. The van der Waals surface area contributed by atoms with Crippen LogP contribution in [-0.4, -0.2) is 10.8 Å². The Bertz CT molecular complexity index is 1320. The first-order valence-corrected chi connectivity index (χ1v) is 10.5. The maximum absolute atomic E-state index is 13.3. The van der Waals surface area contributed by atoms with Crippen LogP contribution in [0.4, 0.5) is 0 Å². The number of nitrogens with zero attached hydrogens (tertiary/aromatic N) is 1. The molecule has 0 saturated heterocycles. The Kier molecular flexibility index (Phi) is 6.12. The first-order chi connectivity index (χ1) is 14.9. The topological polar surface area (TPSA) is 50.5 Å². The lowest BCUT2D eigenvalue weighted by atomic mass is 10.1. The third-order valence-electron chi connectivity index (χ3n) is 5.03. The normalized spacial score (nSPS) is 10.9. The lowest BCUT2D eigenvalue weighted by molar-refractivity contribution is 0.0729. The number of rotatable bonds is 5. The summed E-state index contributed by atoms with van der Waals surface area (Å²) in [4.78, 5) is 28.0. The molecule has 0 radical (unpaired) electrons. The van der Waals surface area contributed by atoms with Crippen molar-refractivity contribution in [1.82, 2.24) is 4.90 Å². The average molecular weight is 452 g/mol. The van der Waals surface area contributed by atoms with Crippen LogP contribution in [0.5, 0.6) is 0 Å². The lowest BCUT2D eigenvalue weighted by Crippen LogP contribution is -2.32. The van der Waals surface area contributed by atoms with Crippen molar-refractivity contribution in [3.05, 3.63) is 116 Å². The number of fused-ring (bicyclic) bond motifs is 1. The number of halogens is 2. The van der Waals surface area contributed by atoms with Crippen LogP contribution < -0.4 is 5.43 Å². The highest BCUT2D eigenvalue weighted by Crippen LogP contribution is 2.24. The Morgan fingerprint density at radius 3 is 2.45 bits per heavy atom. The van der Waals surface area contributed by atoms with Gasteiger partial charge in [-0.2, -0.15) is 0 Å². The molecule has 0 saturated carbocycles. The Hall–Kier alpha value is -3.08. The summed E-state index contributed by atoms with van der Waals surface area (Å²) in [5.74, 6) is -0.258. The van der Waals surface area contributed by atoms with E-state index in [9.17, 15) is 9.59 Å². The minimum atomic E-state index is -0.258. The van der Waals surface area contributed by atoms with Crippen molar-refractivity contribution in [3.63, 3.8) is 0 Å². The fourth-order valence-electron chi connectivity index (χ4n) is 3.41. The molecular weight excluding hydrogens is 433 g/mol. The molecule has 4 rings (SSSR count). The van der Waals surface area contributed by atoms with Crippen LogP contribution in [0.25, 0.3) is 11.0 Å². The van der Waals surface area contributed by atoms with E-state index in [0.717, 1.165) is 11.1 Å². The summed E-state index contributed by atoms with van der Waals surface area (Å²) in [5, 5.41) is 1.17. The molecule has 6 heteroatoms. The highest BCUT2D eigenvalue weighted by molar-refractivity contribution is 6.42. The first kappa shape index (κ1) is 21.2. The third-order valence-corrected chi connectivity index (χ3v) is 5.77. The monoisotopic (exact) mass is 451 g/mol. The van der Waals surface area contributed by atoms with E-state index in [1.165, 1.54) is 12.3 Å². The molecule has 3 aromatic carbocycles. The number of benzene rings is 3. The number of aryl methyl sites for hydroxylation is 1. The fourth-order valence-corrected chi connectivity index (χ4v) is 3.71. The number of hydrogen-bond acceptors (Lipinski definition) is 3. The van der Waals surface area contributed by atoms with Gasteiger partial charge in [-0.05, 0) is 42.8 Å². The fraction of sp³-hybridized carbons (Fsp3) is 0.120. The SMILES string of the molecule is Cc1ccc2occ(CN(Cc3ccccc3)C(=O)c3ccc(Cl)c(Cl)c3)c(=O)c2c1. The van der Waals surface area contributed by atoms with Crippen LogP contribution >= 0.6 is 23.2 Å². The van der Waals surface area contributed by atoms with Gasteiger partial charge in [0.05, 0.1) is 33.8 Å². The molecule has 1 aromatic heterocycles. The van der Waals surface area contributed by atoms with Gasteiger partial charge < -0.3 is 9.32 Å². The molecule has 4 nitrogen and oxygen atoms in total. The van der Waals surface area contributed by atoms with Gasteiger partial charge in [0, 0.05) is 12.1 Å². The summed E-state index contributed by atoms with van der Waals surface area (Å²) in [5.41, 5.74) is 3.07. The summed E-state index contributed by atoms with van der Waals surface area (Å²) >= 11 is 12.1. The van der Waals surface area contributed by atoms with E-state index in [2.05, 4.69) is 0 Å². The Morgan fingerprint density at radius 2 is 1.71 bits per heavy atom. The smallest absolute Gasteiger partial charge is 0.254 e. The molecule has 1 amide bonds. The Balaban J connectivity index is 1.73. The van der Waals surface area contributed by atoms with Crippen molar-refractivity contribution < 1.29 is 9.21 Å². The first-order valence-electron chi connectivity index (χ1n) is 9.71. The Morgan fingerprint density at radius 1 is 0.935 bits per heavy atom. The second-order valence-electron chi connectivity index (χ2n) is 7.37. The van der Waals surface area contributed by atoms with Crippen LogP contribution in [0.2, 0.25) is 10.0 Å². The van der Waals surface area contributed by atoms with E-state index < -0.39 is 0 Å². The molecule has 0 aliphatic rings. The average Bonchev–Trinajstić information content (AvgIpc) is 2.77. The molecule has 0 unspecified atom stereocenters. The second-order valence-corrected chi connectivity index (χ2v) is 8.18. The van der Waals surface area contributed by atoms with Crippen molar-refractivity contribution >= 4 is 40.1 Å². The van der Waals surface area contributed by atoms with Crippen molar-refractivity contribution in [2.45, 2.75) is 20.0 Å². The standard InChI is InChI=1S/C25H19Cl2NO3/c1-16-7-10-23-20(11-16)24(29)19(15-31-23)14-28(13-17-5-3-2-4-6-17)25(30)18-8-9-21(26)22(27)12-18/h2-12,15H,13-14H2,1H3. The zero-order chi connectivity index (χ0) is 22.0. The molecule has 31 heavy (non-hydrogen) atoms. The van der Waals surface area contributed by atoms with E-state index in [-0.39, 0.29) is 17.9 Å². The van der Waals surface area contributed by atoms with E-state index >= 15 is 0 Å². The minimum absolute atomic E-state index is 0.0974. The van der Waals surface area contributed by atoms with Crippen LogP contribution in [0, 0.1) is 6.92 Å². The van der Waals surface area contributed by atoms with Gasteiger partial charge in [0.25, 0.3) is 5.91 Å². The van der Waals surface area contributed by atoms with Crippen molar-refractivity contribution in [2.24, 2.45) is 0 Å². The predicted octanol–water partition coefficient (Wildman–Crippen LogP) is 6.25. The highest BCUT2D eigenvalue weighted by atomic mass is 35.5. The van der Waals surface area contributed by atoms with Gasteiger partial charge in [0.2, 0.25) is 0 Å². The molecule has 156 valence electrons. The number of amides is 1. The largest absolute Gasteiger partial charge is 0.464 e. The Labute approximate surface area is 189 Å². The molecule has 0 fully saturated rings. The molecule has 0 bridgehead atoms. The molecule has 0 N–H and O–H groups in total.